The fourth-order valence-corrected chi connectivity index (χ4v) is 1.64. The predicted octanol–water partition coefficient (Wildman–Crippen LogP) is 0.139. The Balaban J connectivity index is 1.82. The van der Waals surface area contributed by atoms with Crippen LogP contribution < -0.4 is 5.32 Å². The lowest BCUT2D eigenvalue weighted by Crippen LogP contribution is -2.47. The molecule has 2 atom stereocenters. The van der Waals surface area contributed by atoms with E-state index < -0.39 is 6.67 Å². The largest absolute Gasteiger partial charge is 0.374 e. The average molecular weight is 188 g/mol. The number of alkyl halides is 1. The zero-order chi connectivity index (χ0) is 9.26. The molecular weight excluding hydrogens is 175 g/mol. The summed E-state index contributed by atoms with van der Waals surface area (Å²) in [5.41, 5.74) is 0. The lowest BCUT2D eigenvalue weighted by Gasteiger charge is -2.26. The van der Waals surface area contributed by atoms with Gasteiger partial charge in [0.1, 0.15) is 6.67 Å². The number of halogens is 1. The van der Waals surface area contributed by atoms with E-state index >= 15 is 0 Å². The molecule has 1 aliphatic carbocycles. The highest BCUT2D eigenvalue weighted by molar-refractivity contribution is 5.75. The molecule has 74 valence electrons. The zero-order valence-electron chi connectivity index (χ0n) is 7.33. The van der Waals surface area contributed by atoms with Crippen molar-refractivity contribution in [3.8, 4) is 0 Å². The fourth-order valence-electron chi connectivity index (χ4n) is 1.64. The topological polar surface area (TPSA) is 41.6 Å². The van der Waals surface area contributed by atoms with E-state index in [1.165, 1.54) is 0 Å². The molecule has 5 heteroatoms. The highest BCUT2D eigenvalue weighted by Crippen LogP contribution is 2.34. The van der Waals surface area contributed by atoms with Gasteiger partial charge in [-0.05, 0) is 6.42 Å². The first kappa shape index (κ1) is 8.74. The molecule has 0 aromatic rings. The van der Waals surface area contributed by atoms with Crippen LogP contribution in [0.1, 0.15) is 6.42 Å². The van der Waals surface area contributed by atoms with Gasteiger partial charge in [0, 0.05) is 13.1 Å². The summed E-state index contributed by atoms with van der Waals surface area (Å²) in [6, 6.07) is 0.0850. The summed E-state index contributed by atoms with van der Waals surface area (Å²) >= 11 is 0. The molecule has 1 saturated carbocycles. The maximum atomic E-state index is 11.8. The molecule has 0 aromatic heterocycles. The standard InChI is InChI=1S/C8H13FN2O2/c9-1-2-10-8(12)11-3-4-13-7-5-6(7)11/h6-7H,1-5H2,(H,10,12). The fraction of sp³-hybridized carbons (Fsp3) is 0.875. The molecule has 4 nitrogen and oxygen atoms in total. The minimum Gasteiger partial charge on any atom is -0.374 e. The first-order valence-electron chi connectivity index (χ1n) is 4.55. The molecule has 2 fully saturated rings. The first-order valence-corrected chi connectivity index (χ1v) is 4.55. The number of hydrogen-bond donors (Lipinski definition) is 1. The Morgan fingerprint density at radius 3 is 3.31 bits per heavy atom. The zero-order valence-corrected chi connectivity index (χ0v) is 7.33. The van der Waals surface area contributed by atoms with Gasteiger partial charge in [-0.15, -0.1) is 0 Å². The second kappa shape index (κ2) is 3.49. The number of morpholine rings is 1. The van der Waals surface area contributed by atoms with Crippen LogP contribution in [-0.4, -0.2) is 49.4 Å². The highest BCUT2D eigenvalue weighted by Gasteiger charge is 2.47. The number of amides is 2. The number of ether oxygens (including phenoxy) is 1. The molecule has 1 saturated heterocycles. The predicted molar refractivity (Wildman–Crippen MR) is 44.2 cm³/mol. The van der Waals surface area contributed by atoms with Crippen LogP contribution in [0.3, 0.4) is 0 Å². The monoisotopic (exact) mass is 188 g/mol. The molecule has 1 N–H and O–H groups in total. The Labute approximate surface area is 76.0 Å². The van der Waals surface area contributed by atoms with Crippen molar-refractivity contribution in [2.75, 3.05) is 26.4 Å². The first-order chi connectivity index (χ1) is 6.33. The maximum absolute atomic E-state index is 11.8. The third-order valence-electron chi connectivity index (χ3n) is 2.40. The van der Waals surface area contributed by atoms with Crippen LogP contribution in [0.5, 0.6) is 0 Å². The molecular formula is C8H13FN2O2. The van der Waals surface area contributed by atoms with Crippen LogP contribution >= 0.6 is 0 Å². The quantitative estimate of drug-likeness (QED) is 0.669. The lowest BCUT2D eigenvalue weighted by atomic mass is 10.4. The Bertz CT molecular complexity index is 212. The molecule has 0 bridgehead atoms. The van der Waals surface area contributed by atoms with Gasteiger partial charge >= 0.3 is 6.03 Å². The van der Waals surface area contributed by atoms with Crippen molar-refractivity contribution in [3.63, 3.8) is 0 Å². The molecule has 1 heterocycles. The Kier molecular flexibility index (Phi) is 2.35. The van der Waals surface area contributed by atoms with E-state index in [1.54, 1.807) is 4.90 Å². The third kappa shape index (κ3) is 1.75. The Morgan fingerprint density at radius 1 is 1.69 bits per heavy atom. The van der Waals surface area contributed by atoms with E-state index in [1.807, 2.05) is 0 Å². The van der Waals surface area contributed by atoms with E-state index in [0.29, 0.717) is 13.2 Å². The molecule has 2 rings (SSSR count). The second-order valence-corrected chi connectivity index (χ2v) is 3.33. The molecule has 0 spiro atoms. The molecule has 2 aliphatic rings. The summed E-state index contributed by atoms with van der Waals surface area (Å²) in [4.78, 5) is 13.1. The Morgan fingerprint density at radius 2 is 2.54 bits per heavy atom. The van der Waals surface area contributed by atoms with Crippen molar-refractivity contribution in [2.24, 2.45) is 0 Å². The number of rotatable bonds is 2. The molecule has 2 unspecified atom stereocenters. The van der Waals surface area contributed by atoms with E-state index in [0.717, 1.165) is 6.42 Å². The number of urea groups is 1. The maximum Gasteiger partial charge on any atom is 0.317 e. The number of hydrogen-bond acceptors (Lipinski definition) is 2. The number of nitrogens with one attached hydrogen (secondary N) is 1. The van der Waals surface area contributed by atoms with Crippen LogP contribution in [0.25, 0.3) is 0 Å². The number of fused-ring (bicyclic) bond motifs is 1. The lowest BCUT2D eigenvalue weighted by molar-refractivity contribution is 0.0455. The SMILES string of the molecule is O=C(NCCF)N1CCOC2CC21. The summed E-state index contributed by atoms with van der Waals surface area (Å²) in [6.45, 7) is 0.821. The van der Waals surface area contributed by atoms with E-state index in [4.69, 9.17) is 4.74 Å². The van der Waals surface area contributed by atoms with Crippen molar-refractivity contribution in [3.05, 3.63) is 0 Å². The van der Waals surface area contributed by atoms with Crippen molar-refractivity contribution in [1.29, 1.82) is 0 Å². The Hall–Kier alpha value is -0.840. The van der Waals surface area contributed by atoms with Gasteiger partial charge in [-0.3, -0.25) is 0 Å². The summed E-state index contributed by atoms with van der Waals surface area (Å²) in [6.07, 6.45) is 1.17. The van der Waals surface area contributed by atoms with Gasteiger partial charge in [0.05, 0.1) is 18.8 Å². The van der Waals surface area contributed by atoms with Crippen molar-refractivity contribution in [2.45, 2.75) is 18.6 Å². The molecule has 1 aliphatic heterocycles. The van der Waals surface area contributed by atoms with E-state index in [-0.39, 0.29) is 24.7 Å². The summed E-state index contributed by atoms with van der Waals surface area (Å²) < 4.78 is 17.1. The van der Waals surface area contributed by atoms with Crippen LogP contribution in [0.15, 0.2) is 0 Å². The highest BCUT2D eigenvalue weighted by atomic mass is 19.1. The van der Waals surface area contributed by atoms with E-state index in [9.17, 15) is 9.18 Å². The van der Waals surface area contributed by atoms with Gasteiger partial charge in [0.25, 0.3) is 0 Å². The smallest absolute Gasteiger partial charge is 0.317 e. The molecule has 13 heavy (non-hydrogen) atoms. The third-order valence-corrected chi connectivity index (χ3v) is 2.40. The van der Waals surface area contributed by atoms with Gasteiger partial charge in [-0.25, -0.2) is 9.18 Å². The van der Waals surface area contributed by atoms with Gasteiger partial charge in [0.2, 0.25) is 0 Å². The van der Waals surface area contributed by atoms with Gasteiger partial charge in [-0.1, -0.05) is 0 Å². The number of carbonyl (C=O) groups is 1. The van der Waals surface area contributed by atoms with Crippen molar-refractivity contribution in [1.82, 2.24) is 10.2 Å². The normalized spacial score (nSPS) is 31.0. The minimum absolute atomic E-state index is 0.105. The average Bonchev–Trinajstić information content (AvgIpc) is 2.92. The van der Waals surface area contributed by atoms with Gasteiger partial charge in [-0.2, -0.15) is 0 Å². The van der Waals surface area contributed by atoms with Gasteiger partial charge in [0.15, 0.2) is 0 Å². The molecule has 2 amide bonds. The minimum atomic E-state index is -0.510. The number of nitrogens with zero attached hydrogens (tertiary/aromatic N) is 1. The van der Waals surface area contributed by atoms with E-state index in [2.05, 4.69) is 5.32 Å². The van der Waals surface area contributed by atoms with Crippen LogP contribution in [0.2, 0.25) is 0 Å². The molecule has 0 aromatic carbocycles. The van der Waals surface area contributed by atoms with Crippen LogP contribution in [0.4, 0.5) is 9.18 Å². The van der Waals surface area contributed by atoms with Crippen LogP contribution in [-0.2, 0) is 4.74 Å². The summed E-state index contributed by atoms with van der Waals surface area (Å²) in [7, 11) is 0. The summed E-state index contributed by atoms with van der Waals surface area (Å²) in [5, 5.41) is 2.52. The molecule has 0 radical (unpaired) electrons. The summed E-state index contributed by atoms with van der Waals surface area (Å²) in [5.74, 6) is 0. The van der Waals surface area contributed by atoms with Gasteiger partial charge < -0.3 is 15.0 Å². The number of carbonyl (C=O) groups excluding carboxylic acids is 1. The van der Waals surface area contributed by atoms with Crippen molar-refractivity contribution < 1.29 is 13.9 Å². The van der Waals surface area contributed by atoms with Crippen LogP contribution in [0, 0.1) is 0 Å². The second-order valence-electron chi connectivity index (χ2n) is 3.33. The van der Waals surface area contributed by atoms with Crippen molar-refractivity contribution >= 4 is 6.03 Å².